The molecule has 2 saturated heterocycles. The molecule has 6 nitrogen and oxygen atoms in total. The van der Waals surface area contributed by atoms with Gasteiger partial charge in [-0.2, -0.15) is 0 Å². The summed E-state index contributed by atoms with van der Waals surface area (Å²) in [5.74, 6) is 3.61. The molecule has 6 rings (SSSR count). The Bertz CT molecular complexity index is 897. The lowest BCUT2D eigenvalue weighted by molar-refractivity contribution is -0.139. The molecule has 6 unspecified atom stereocenters. The minimum atomic E-state index is 0.0516. The number of nitrogens with zero attached hydrogens (tertiary/aromatic N) is 2. The summed E-state index contributed by atoms with van der Waals surface area (Å²) >= 11 is 0. The molecule has 3 bridgehead atoms. The first kappa shape index (κ1) is 22.4. The number of fused-ring (bicyclic) bond motifs is 2. The number of carbonyl (C=O) groups is 2. The average molecular weight is 466 g/mol. The molecule has 1 N–H and O–H groups in total. The number of anilines is 1. The average Bonchev–Trinajstić information content (AvgIpc) is 3.13. The molecule has 5 fully saturated rings. The van der Waals surface area contributed by atoms with Gasteiger partial charge in [0.25, 0.3) is 5.91 Å². The first-order valence-electron chi connectivity index (χ1n) is 13.7. The molecule has 0 spiro atoms. The molecule has 5 aliphatic rings. The number of amides is 2. The molecule has 0 radical (unpaired) electrons. The predicted molar refractivity (Wildman–Crippen MR) is 132 cm³/mol. The smallest absolute Gasteiger partial charge is 0.251 e. The first-order valence-corrected chi connectivity index (χ1v) is 13.7. The second-order valence-electron chi connectivity index (χ2n) is 11.4. The van der Waals surface area contributed by atoms with Crippen molar-refractivity contribution >= 4 is 17.5 Å². The van der Waals surface area contributed by atoms with Crippen molar-refractivity contribution in [3.63, 3.8) is 0 Å². The summed E-state index contributed by atoms with van der Waals surface area (Å²) < 4.78 is 5.40. The van der Waals surface area contributed by atoms with Crippen LogP contribution in [0.4, 0.5) is 5.69 Å². The van der Waals surface area contributed by atoms with E-state index < -0.39 is 0 Å². The van der Waals surface area contributed by atoms with Crippen molar-refractivity contribution in [2.45, 2.75) is 57.4 Å². The van der Waals surface area contributed by atoms with Gasteiger partial charge in [-0.25, -0.2) is 0 Å². The van der Waals surface area contributed by atoms with Crippen molar-refractivity contribution in [3.05, 3.63) is 29.8 Å². The van der Waals surface area contributed by atoms with Gasteiger partial charge in [-0.15, -0.1) is 0 Å². The van der Waals surface area contributed by atoms with E-state index >= 15 is 0 Å². The first-order chi connectivity index (χ1) is 16.7. The summed E-state index contributed by atoms with van der Waals surface area (Å²) in [6.07, 6.45) is 9.99. The van der Waals surface area contributed by atoms with Gasteiger partial charge in [-0.3, -0.25) is 9.59 Å². The van der Waals surface area contributed by atoms with Crippen LogP contribution in [0.25, 0.3) is 0 Å². The van der Waals surface area contributed by atoms with E-state index in [2.05, 4.69) is 22.3 Å². The van der Waals surface area contributed by atoms with Gasteiger partial charge in [0.15, 0.2) is 0 Å². The second-order valence-corrected chi connectivity index (χ2v) is 11.4. The Morgan fingerprint density at radius 2 is 1.56 bits per heavy atom. The number of benzene rings is 1. The van der Waals surface area contributed by atoms with Crippen LogP contribution in [-0.2, 0) is 9.53 Å². The summed E-state index contributed by atoms with van der Waals surface area (Å²) in [5.41, 5.74) is 1.87. The molecule has 34 heavy (non-hydrogen) atoms. The molecular formula is C28H39N3O3. The Morgan fingerprint density at radius 1 is 0.824 bits per heavy atom. The van der Waals surface area contributed by atoms with Crippen LogP contribution in [0.2, 0.25) is 0 Å². The molecule has 2 heterocycles. The zero-order chi connectivity index (χ0) is 23.1. The molecule has 6 heteroatoms. The lowest BCUT2D eigenvalue weighted by Crippen LogP contribution is -2.48. The normalized spacial score (nSPS) is 35.2. The number of morpholine rings is 1. The largest absolute Gasteiger partial charge is 0.378 e. The third-order valence-corrected chi connectivity index (χ3v) is 9.53. The van der Waals surface area contributed by atoms with Crippen LogP contribution >= 0.6 is 0 Å². The van der Waals surface area contributed by atoms with E-state index in [0.29, 0.717) is 44.2 Å². The Labute approximate surface area is 203 Å². The Morgan fingerprint density at radius 3 is 2.38 bits per heavy atom. The minimum Gasteiger partial charge on any atom is -0.378 e. The lowest BCUT2D eigenvalue weighted by Gasteiger charge is -2.37. The van der Waals surface area contributed by atoms with Gasteiger partial charge in [0.05, 0.1) is 19.1 Å². The number of carbonyl (C=O) groups excluding carboxylic acids is 2. The van der Waals surface area contributed by atoms with Crippen LogP contribution in [0.15, 0.2) is 24.3 Å². The molecule has 2 amide bonds. The maximum absolute atomic E-state index is 13.2. The van der Waals surface area contributed by atoms with Crippen LogP contribution in [0.1, 0.15) is 61.7 Å². The molecule has 184 valence electrons. The summed E-state index contributed by atoms with van der Waals surface area (Å²) in [4.78, 5) is 30.4. The Kier molecular flexibility index (Phi) is 6.27. The monoisotopic (exact) mass is 465 g/mol. The number of ether oxygens (including phenoxy) is 1. The fourth-order valence-corrected chi connectivity index (χ4v) is 7.80. The minimum absolute atomic E-state index is 0.0516. The Hall–Kier alpha value is -2.08. The van der Waals surface area contributed by atoms with Gasteiger partial charge in [0.1, 0.15) is 0 Å². The molecule has 0 aromatic heterocycles. The highest BCUT2D eigenvalue weighted by atomic mass is 16.5. The fourth-order valence-electron chi connectivity index (χ4n) is 7.80. The zero-order valence-electron chi connectivity index (χ0n) is 20.3. The molecule has 3 aliphatic carbocycles. The van der Waals surface area contributed by atoms with Gasteiger partial charge >= 0.3 is 0 Å². The molecule has 6 atom stereocenters. The van der Waals surface area contributed by atoms with Gasteiger partial charge in [-0.1, -0.05) is 12.8 Å². The third kappa shape index (κ3) is 4.34. The van der Waals surface area contributed by atoms with Gasteiger partial charge in [-0.05, 0) is 86.5 Å². The van der Waals surface area contributed by atoms with Gasteiger partial charge in [0, 0.05) is 43.5 Å². The van der Waals surface area contributed by atoms with Gasteiger partial charge < -0.3 is 19.9 Å². The van der Waals surface area contributed by atoms with Crippen molar-refractivity contribution in [1.82, 2.24) is 10.2 Å². The quantitative estimate of drug-likeness (QED) is 0.737. The third-order valence-electron chi connectivity index (χ3n) is 9.53. The fraction of sp³-hybridized carbons (Fsp3) is 0.714. The highest BCUT2D eigenvalue weighted by molar-refractivity contribution is 5.94. The maximum Gasteiger partial charge on any atom is 0.251 e. The van der Waals surface area contributed by atoms with E-state index in [1.165, 1.54) is 38.5 Å². The van der Waals surface area contributed by atoms with Crippen LogP contribution in [0, 0.1) is 29.6 Å². The van der Waals surface area contributed by atoms with Crippen LogP contribution in [0.3, 0.4) is 0 Å². The summed E-state index contributed by atoms with van der Waals surface area (Å²) in [7, 11) is 0. The van der Waals surface area contributed by atoms with Crippen molar-refractivity contribution < 1.29 is 14.3 Å². The Balaban J connectivity index is 1.08. The molecule has 3 saturated carbocycles. The summed E-state index contributed by atoms with van der Waals surface area (Å²) in [5, 5.41) is 3.46. The molecule has 1 aromatic carbocycles. The van der Waals surface area contributed by atoms with Crippen molar-refractivity contribution in [3.8, 4) is 0 Å². The maximum atomic E-state index is 13.2. The van der Waals surface area contributed by atoms with E-state index in [9.17, 15) is 9.59 Å². The highest BCUT2D eigenvalue weighted by Gasteiger charge is 2.48. The van der Waals surface area contributed by atoms with E-state index in [1.807, 2.05) is 17.0 Å². The van der Waals surface area contributed by atoms with E-state index in [-0.39, 0.29) is 17.7 Å². The molecule has 1 aromatic rings. The molecular weight excluding hydrogens is 426 g/mol. The van der Waals surface area contributed by atoms with E-state index in [0.717, 1.165) is 49.0 Å². The number of hydrogen-bond donors (Lipinski definition) is 1. The standard InChI is InChI=1S/C28H39N3O3/c32-27(29-26-21-4-1-3-20-15-24(26)17-23(20)16-21)19-6-8-25(9-7-19)31-10-2-5-22(18-31)28(33)30-11-13-34-14-12-30/h6-9,20-24,26H,1-5,10-18H2,(H,29,32). The van der Waals surface area contributed by atoms with Gasteiger partial charge in [0.2, 0.25) is 5.91 Å². The summed E-state index contributed by atoms with van der Waals surface area (Å²) in [6, 6.07) is 8.45. The SMILES string of the molecule is O=C(NC1C2CCCC3CC1CC3C2)c1ccc(N2CCCC(C(=O)N3CCOCC3)C2)cc1. The number of rotatable bonds is 4. The van der Waals surface area contributed by atoms with Crippen LogP contribution < -0.4 is 10.2 Å². The van der Waals surface area contributed by atoms with Crippen LogP contribution in [-0.4, -0.2) is 62.1 Å². The number of piperidine rings is 1. The van der Waals surface area contributed by atoms with E-state index in [1.54, 1.807) is 0 Å². The second kappa shape index (κ2) is 9.52. The predicted octanol–water partition coefficient (Wildman–Crippen LogP) is 3.71. The summed E-state index contributed by atoms with van der Waals surface area (Å²) in [6.45, 7) is 4.44. The van der Waals surface area contributed by atoms with Crippen molar-refractivity contribution in [2.24, 2.45) is 29.6 Å². The number of nitrogens with one attached hydrogen (secondary N) is 1. The topological polar surface area (TPSA) is 61.9 Å². The van der Waals surface area contributed by atoms with Crippen molar-refractivity contribution in [1.29, 1.82) is 0 Å². The lowest BCUT2D eigenvalue weighted by atomic mass is 9.75. The molecule has 2 aliphatic heterocycles. The van der Waals surface area contributed by atoms with Crippen molar-refractivity contribution in [2.75, 3.05) is 44.3 Å². The van der Waals surface area contributed by atoms with Crippen LogP contribution in [0.5, 0.6) is 0 Å². The zero-order valence-corrected chi connectivity index (χ0v) is 20.3. The van der Waals surface area contributed by atoms with E-state index in [4.69, 9.17) is 4.74 Å². The number of hydrogen-bond acceptors (Lipinski definition) is 4. The highest BCUT2D eigenvalue weighted by Crippen LogP contribution is 2.53.